The molecule has 0 saturated carbocycles. The van der Waals surface area contributed by atoms with Crippen LogP contribution in [-0.2, 0) is 6.42 Å². The zero-order valence-electron chi connectivity index (χ0n) is 15.4. The van der Waals surface area contributed by atoms with Gasteiger partial charge in [-0.15, -0.1) is 0 Å². The molecule has 26 heavy (non-hydrogen) atoms. The van der Waals surface area contributed by atoms with Gasteiger partial charge in [0.25, 0.3) is 5.91 Å². The molecule has 138 valence electrons. The van der Waals surface area contributed by atoms with E-state index in [1.54, 1.807) is 13.2 Å². The summed E-state index contributed by atoms with van der Waals surface area (Å²) >= 11 is 3.52. The van der Waals surface area contributed by atoms with Crippen molar-refractivity contribution in [1.29, 1.82) is 0 Å². The Labute approximate surface area is 163 Å². The number of benzene rings is 2. The Kier molecular flexibility index (Phi) is 5.87. The number of rotatable bonds is 6. The molecule has 1 atom stereocenters. The molecule has 1 aliphatic carbocycles. The lowest BCUT2D eigenvalue weighted by Gasteiger charge is -2.26. The van der Waals surface area contributed by atoms with E-state index in [4.69, 9.17) is 9.47 Å². The van der Waals surface area contributed by atoms with Crippen molar-refractivity contribution in [3.8, 4) is 11.5 Å². The van der Waals surface area contributed by atoms with Crippen LogP contribution in [-0.4, -0.2) is 31.6 Å². The number of aryl methyl sites for hydroxylation is 1. The Morgan fingerprint density at radius 2 is 2.08 bits per heavy atom. The third-order valence-corrected chi connectivity index (χ3v) is 5.41. The van der Waals surface area contributed by atoms with Gasteiger partial charge in [0.1, 0.15) is 0 Å². The van der Waals surface area contributed by atoms with Gasteiger partial charge >= 0.3 is 0 Å². The normalized spacial score (nSPS) is 15.5. The zero-order valence-corrected chi connectivity index (χ0v) is 17.0. The van der Waals surface area contributed by atoms with Crippen molar-refractivity contribution in [2.45, 2.75) is 32.2 Å². The summed E-state index contributed by atoms with van der Waals surface area (Å²) < 4.78 is 11.9. The molecule has 0 fully saturated rings. The van der Waals surface area contributed by atoms with E-state index >= 15 is 0 Å². The number of hydrogen-bond donors (Lipinski definition) is 0. The maximum atomic E-state index is 13.1. The highest BCUT2D eigenvalue weighted by Gasteiger charge is 2.29. The molecule has 0 saturated heterocycles. The Morgan fingerprint density at radius 3 is 2.81 bits per heavy atom. The SMILES string of the molecule is CCCOc1c(Br)cc(C(=O)N(C)C2CCc3ccccc32)cc1OC. The highest BCUT2D eigenvalue weighted by molar-refractivity contribution is 9.10. The van der Waals surface area contributed by atoms with Crippen LogP contribution >= 0.6 is 15.9 Å². The molecule has 0 radical (unpaired) electrons. The minimum atomic E-state index is -0.0206. The van der Waals surface area contributed by atoms with E-state index in [0.717, 1.165) is 23.7 Å². The number of carbonyl (C=O) groups is 1. The number of methoxy groups -OCH3 is 1. The van der Waals surface area contributed by atoms with Crippen molar-refractivity contribution in [2.24, 2.45) is 0 Å². The molecular weight excluding hydrogens is 394 g/mol. The van der Waals surface area contributed by atoms with E-state index in [1.807, 2.05) is 31.0 Å². The molecular formula is C21H24BrNO3. The molecule has 2 aromatic carbocycles. The fourth-order valence-corrected chi connectivity index (χ4v) is 4.03. The molecule has 5 heteroatoms. The van der Waals surface area contributed by atoms with Crippen molar-refractivity contribution >= 4 is 21.8 Å². The van der Waals surface area contributed by atoms with Gasteiger partial charge in [0.05, 0.1) is 24.2 Å². The second-order valence-corrected chi connectivity index (χ2v) is 7.36. The number of carbonyl (C=O) groups excluding carboxylic acids is 1. The predicted octanol–water partition coefficient (Wildman–Crippen LogP) is 5.01. The summed E-state index contributed by atoms with van der Waals surface area (Å²) in [6.45, 7) is 2.65. The summed E-state index contributed by atoms with van der Waals surface area (Å²) in [5, 5.41) is 0. The van der Waals surface area contributed by atoms with Crippen LogP contribution in [0, 0.1) is 0 Å². The third-order valence-electron chi connectivity index (χ3n) is 4.82. The molecule has 0 aliphatic heterocycles. The highest BCUT2D eigenvalue weighted by Crippen LogP contribution is 2.39. The summed E-state index contributed by atoms with van der Waals surface area (Å²) in [6.07, 6.45) is 2.87. The lowest BCUT2D eigenvalue weighted by molar-refractivity contribution is 0.0730. The Morgan fingerprint density at radius 1 is 1.31 bits per heavy atom. The molecule has 0 bridgehead atoms. The van der Waals surface area contributed by atoms with E-state index in [2.05, 4.69) is 34.1 Å². The maximum Gasteiger partial charge on any atom is 0.254 e. The highest BCUT2D eigenvalue weighted by atomic mass is 79.9. The minimum absolute atomic E-state index is 0.0206. The van der Waals surface area contributed by atoms with Crippen LogP contribution in [0.25, 0.3) is 0 Å². The number of hydrogen-bond acceptors (Lipinski definition) is 3. The lowest BCUT2D eigenvalue weighted by Crippen LogP contribution is -2.30. The molecule has 1 amide bonds. The fraction of sp³-hybridized carbons (Fsp3) is 0.381. The van der Waals surface area contributed by atoms with Gasteiger partial charge in [0.2, 0.25) is 0 Å². The lowest BCUT2D eigenvalue weighted by atomic mass is 10.1. The molecule has 0 spiro atoms. The second kappa shape index (κ2) is 8.12. The number of halogens is 1. The predicted molar refractivity (Wildman–Crippen MR) is 106 cm³/mol. The van der Waals surface area contributed by atoms with Crippen LogP contribution < -0.4 is 9.47 Å². The Hall–Kier alpha value is -2.01. The molecule has 1 unspecified atom stereocenters. The number of ether oxygens (including phenoxy) is 2. The van der Waals surface area contributed by atoms with Crippen molar-refractivity contribution in [3.05, 3.63) is 57.6 Å². The van der Waals surface area contributed by atoms with E-state index < -0.39 is 0 Å². The molecule has 4 nitrogen and oxygen atoms in total. The van der Waals surface area contributed by atoms with Gasteiger partial charge < -0.3 is 14.4 Å². The Balaban J connectivity index is 1.87. The quantitative estimate of drug-likeness (QED) is 0.662. The van der Waals surface area contributed by atoms with Gasteiger partial charge in [-0.3, -0.25) is 4.79 Å². The number of amides is 1. The van der Waals surface area contributed by atoms with Gasteiger partial charge in [0.15, 0.2) is 11.5 Å². The third kappa shape index (κ3) is 3.58. The van der Waals surface area contributed by atoms with Crippen LogP contribution in [0.2, 0.25) is 0 Å². The van der Waals surface area contributed by atoms with Crippen molar-refractivity contribution < 1.29 is 14.3 Å². The first-order valence-corrected chi connectivity index (χ1v) is 9.71. The van der Waals surface area contributed by atoms with E-state index in [1.165, 1.54) is 11.1 Å². The van der Waals surface area contributed by atoms with Crippen LogP contribution in [0.15, 0.2) is 40.9 Å². The summed E-state index contributed by atoms with van der Waals surface area (Å²) in [4.78, 5) is 14.9. The van der Waals surface area contributed by atoms with Gasteiger partial charge in [-0.1, -0.05) is 31.2 Å². The smallest absolute Gasteiger partial charge is 0.254 e. The number of nitrogens with zero attached hydrogens (tertiary/aromatic N) is 1. The summed E-state index contributed by atoms with van der Waals surface area (Å²) in [6, 6.07) is 12.0. The summed E-state index contributed by atoms with van der Waals surface area (Å²) in [5.74, 6) is 1.18. The first-order chi connectivity index (χ1) is 12.6. The van der Waals surface area contributed by atoms with Crippen molar-refractivity contribution in [1.82, 2.24) is 4.90 Å². The van der Waals surface area contributed by atoms with Crippen LogP contribution in [0.3, 0.4) is 0 Å². The molecule has 0 aromatic heterocycles. The average molecular weight is 418 g/mol. The second-order valence-electron chi connectivity index (χ2n) is 6.51. The summed E-state index contributed by atoms with van der Waals surface area (Å²) in [5.41, 5.74) is 3.17. The first kappa shape index (κ1) is 18.8. The monoisotopic (exact) mass is 417 g/mol. The van der Waals surface area contributed by atoms with E-state index in [9.17, 15) is 4.79 Å². The van der Waals surface area contributed by atoms with Crippen molar-refractivity contribution in [3.63, 3.8) is 0 Å². The van der Waals surface area contributed by atoms with E-state index in [-0.39, 0.29) is 11.9 Å². The fourth-order valence-electron chi connectivity index (χ4n) is 3.47. The van der Waals surface area contributed by atoms with Gasteiger partial charge in [-0.2, -0.15) is 0 Å². The average Bonchev–Trinajstić information content (AvgIpc) is 3.09. The van der Waals surface area contributed by atoms with Gasteiger partial charge in [0, 0.05) is 12.6 Å². The topological polar surface area (TPSA) is 38.8 Å². The van der Waals surface area contributed by atoms with E-state index in [0.29, 0.717) is 23.7 Å². The van der Waals surface area contributed by atoms with Gasteiger partial charge in [-0.05, 0) is 58.5 Å². The molecule has 1 aliphatic rings. The van der Waals surface area contributed by atoms with Crippen LogP contribution in [0.1, 0.15) is 47.3 Å². The first-order valence-electron chi connectivity index (χ1n) is 8.92. The largest absolute Gasteiger partial charge is 0.493 e. The number of fused-ring (bicyclic) bond motifs is 1. The Bertz CT molecular complexity index is 806. The maximum absolute atomic E-state index is 13.1. The molecule has 0 heterocycles. The molecule has 2 aromatic rings. The zero-order chi connectivity index (χ0) is 18.7. The standard InChI is InChI=1S/C21H24BrNO3/c1-4-11-26-20-17(22)12-15(13-19(20)25-3)21(24)23(2)18-10-9-14-7-5-6-8-16(14)18/h5-8,12-13,18H,4,9-11H2,1-3H3. The molecule has 3 rings (SSSR count). The van der Waals surface area contributed by atoms with Gasteiger partial charge in [-0.25, -0.2) is 0 Å². The van der Waals surface area contributed by atoms with Crippen molar-refractivity contribution in [2.75, 3.05) is 20.8 Å². The minimum Gasteiger partial charge on any atom is -0.493 e. The van der Waals surface area contributed by atoms with Crippen LogP contribution in [0.5, 0.6) is 11.5 Å². The van der Waals surface area contributed by atoms with Crippen LogP contribution in [0.4, 0.5) is 0 Å². The summed E-state index contributed by atoms with van der Waals surface area (Å²) in [7, 11) is 3.46. The molecule has 0 N–H and O–H groups in total.